The number of nitrogens with one attached hydrogen (secondary N) is 2. The van der Waals surface area contributed by atoms with Crippen molar-refractivity contribution >= 4 is 11.8 Å². The molecule has 0 aromatic carbocycles. The first-order valence-electron chi connectivity index (χ1n) is 6.35. The summed E-state index contributed by atoms with van der Waals surface area (Å²) in [6.07, 6.45) is 2.72. The van der Waals surface area contributed by atoms with Crippen LogP contribution in [0.4, 0.5) is 11.8 Å². The molecule has 7 nitrogen and oxygen atoms in total. The van der Waals surface area contributed by atoms with E-state index in [0.29, 0.717) is 12.5 Å². The van der Waals surface area contributed by atoms with E-state index in [0.717, 1.165) is 30.3 Å². The van der Waals surface area contributed by atoms with Crippen molar-refractivity contribution in [1.82, 2.24) is 24.7 Å². The quantitative estimate of drug-likeness (QED) is 0.817. The first-order chi connectivity index (χ1) is 9.19. The lowest BCUT2D eigenvalue weighted by atomic mass is 10.4. The summed E-state index contributed by atoms with van der Waals surface area (Å²) in [6.45, 7) is 5.51. The Morgan fingerprint density at radius 2 is 2.11 bits per heavy atom. The van der Waals surface area contributed by atoms with Crippen molar-refractivity contribution < 1.29 is 0 Å². The van der Waals surface area contributed by atoms with Crippen LogP contribution in [-0.4, -0.2) is 31.3 Å². The van der Waals surface area contributed by atoms with Crippen LogP contribution in [-0.2, 0) is 13.6 Å². The topological polar surface area (TPSA) is 80.5 Å². The van der Waals surface area contributed by atoms with Crippen molar-refractivity contribution in [3.05, 3.63) is 23.9 Å². The SMILES string of the molecule is CCCNc1nc(C)cc(NCc2nncn2C)n1. The van der Waals surface area contributed by atoms with Gasteiger partial charge in [-0.2, -0.15) is 4.98 Å². The van der Waals surface area contributed by atoms with E-state index in [4.69, 9.17) is 0 Å². The van der Waals surface area contributed by atoms with Gasteiger partial charge >= 0.3 is 0 Å². The molecule has 0 aliphatic rings. The maximum Gasteiger partial charge on any atom is 0.224 e. The van der Waals surface area contributed by atoms with Crippen LogP contribution in [0.5, 0.6) is 0 Å². The van der Waals surface area contributed by atoms with E-state index in [1.54, 1.807) is 6.33 Å². The Morgan fingerprint density at radius 3 is 2.79 bits per heavy atom. The molecule has 2 aromatic rings. The Bertz CT molecular complexity index is 535. The van der Waals surface area contributed by atoms with Gasteiger partial charge in [0.15, 0.2) is 5.82 Å². The van der Waals surface area contributed by atoms with Crippen LogP contribution >= 0.6 is 0 Å². The van der Waals surface area contributed by atoms with E-state index in [2.05, 4.69) is 37.7 Å². The molecular weight excluding hydrogens is 242 g/mol. The number of hydrogen-bond donors (Lipinski definition) is 2. The van der Waals surface area contributed by atoms with Crippen molar-refractivity contribution in [2.75, 3.05) is 17.2 Å². The van der Waals surface area contributed by atoms with Crippen molar-refractivity contribution in [2.24, 2.45) is 7.05 Å². The van der Waals surface area contributed by atoms with E-state index in [9.17, 15) is 0 Å². The Hall–Kier alpha value is -2.18. The molecule has 2 heterocycles. The van der Waals surface area contributed by atoms with Crippen LogP contribution in [0.3, 0.4) is 0 Å². The van der Waals surface area contributed by atoms with E-state index >= 15 is 0 Å². The van der Waals surface area contributed by atoms with Crippen LogP contribution in [0, 0.1) is 6.92 Å². The van der Waals surface area contributed by atoms with Crippen molar-refractivity contribution in [3.8, 4) is 0 Å². The second-order valence-electron chi connectivity index (χ2n) is 4.36. The van der Waals surface area contributed by atoms with Crippen LogP contribution < -0.4 is 10.6 Å². The molecule has 0 amide bonds. The Balaban J connectivity index is 2.03. The van der Waals surface area contributed by atoms with Crippen LogP contribution in [0.25, 0.3) is 0 Å². The molecule has 0 bridgehead atoms. The zero-order valence-corrected chi connectivity index (χ0v) is 11.5. The molecule has 0 atom stereocenters. The molecule has 19 heavy (non-hydrogen) atoms. The minimum atomic E-state index is 0.584. The van der Waals surface area contributed by atoms with E-state index < -0.39 is 0 Å². The molecule has 0 aliphatic carbocycles. The summed E-state index contributed by atoms with van der Waals surface area (Å²) in [5.41, 5.74) is 0.925. The van der Waals surface area contributed by atoms with Gasteiger partial charge in [-0.05, 0) is 13.3 Å². The summed E-state index contributed by atoms with van der Waals surface area (Å²) >= 11 is 0. The minimum absolute atomic E-state index is 0.584. The third-order valence-corrected chi connectivity index (χ3v) is 2.62. The van der Waals surface area contributed by atoms with Gasteiger partial charge in [0.1, 0.15) is 12.1 Å². The largest absolute Gasteiger partial charge is 0.363 e. The lowest BCUT2D eigenvalue weighted by molar-refractivity contribution is 0.809. The number of anilines is 2. The Labute approximate surface area is 112 Å². The summed E-state index contributed by atoms with van der Waals surface area (Å²) in [7, 11) is 1.91. The van der Waals surface area contributed by atoms with Crippen molar-refractivity contribution in [2.45, 2.75) is 26.8 Å². The highest BCUT2D eigenvalue weighted by atomic mass is 15.3. The molecule has 2 aromatic heterocycles. The monoisotopic (exact) mass is 261 g/mol. The molecule has 0 spiro atoms. The summed E-state index contributed by atoms with van der Waals surface area (Å²) in [5.74, 6) is 2.30. The zero-order valence-electron chi connectivity index (χ0n) is 11.5. The van der Waals surface area contributed by atoms with Crippen LogP contribution in [0.2, 0.25) is 0 Å². The fourth-order valence-corrected chi connectivity index (χ4v) is 1.61. The Morgan fingerprint density at radius 1 is 1.26 bits per heavy atom. The fourth-order valence-electron chi connectivity index (χ4n) is 1.61. The van der Waals surface area contributed by atoms with Crippen LogP contribution in [0.15, 0.2) is 12.4 Å². The summed E-state index contributed by atoms with van der Waals surface area (Å²) in [4.78, 5) is 8.75. The van der Waals surface area contributed by atoms with Gasteiger partial charge in [-0.3, -0.25) is 0 Å². The smallest absolute Gasteiger partial charge is 0.224 e. The minimum Gasteiger partial charge on any atom is -0.363 e. The second kappa shape index (κ2) is 6.12. The second-order valence-corrected chi connectivity index (χ2v) is 4.36. The average molecular weight is 261 g/mol. The van der Waals surface area contributed by atoms with Crippen molar-refractivity contribution in [3.63, 3.8) is 0 Å². The lowest BCUT2D eigenvalue weighted by Gasteiger charge is -2.09. The van der Waals surface area contributed by atoms with Gasteiger partial charge in [0.05, 0.1) is 6.54 Å². The first kappa shape index (κ1) is 13.3. The summed E-state index contributed by atoms with van der Waals surface area (Å²) < 4.78 is 1.87. The Kier molecular flexibility index (Phi) is 4.27. The number of hydrogen-bond acceptors (Lipinski definition) is 6. The maximum absolute atomic E-state index is 4.41. The standard InChI is InChI=1S/C12H19N7/c1-4-5-13-12-16-9(2)6-10(17-12)14-7-11-18-15-8-19(11)3/h6,8H,4-5,7H2,1-3H3,(H2,13,14,16,17). The normalized spacial score (nSPS) is 10.5. The van der Waals surface area contributed by atoms with Gasteiger partial charge in [0, 0.05) is 25.4 Å². The molecule has 0 unspecified atom stereocenters. The molecule has 7 heteroatoms. The molecule has 102 valence electrons. The third kappa shape index (κ3) is 3.64. The highest BCUT2D eigenvalue weighted by Gasteiger charge is 2.04. The predicted molar refractivity (Wildman–Crippen MR) is 73.9 cm³/mol. The molecule has 0 saturated heterocycles. The number of rotatable bonds is 6. The lowest BCUT2D eigenvalue weighted by Crippen LogP contribution is -2.10. The van der Waals surface area contributed by atoms with E-state index in [1.807, 2.05) is 24.6 Å². The van der Waals surface area contributed by atoms with Gasteiger partial charge in [-0.1, -0.05) is 6.92 Å². The summed E-state index contributed by atoms with van der Waals surface area (Å²) in [5, 5.41) is 14.3. The molecular formula is C12H19N7. The molecule has 0 fully saturated rings. The fraction of sp³-hybridized carbons (Fsp3) is 0.500. The van der Waals surface area contributed by atoms with Gasteiger partial charge in [0.25, 0.3) is 0 Å². The molecule has 2 rings (SSSR count). The predicted octanol–water partition coefficient (Wildman–Crippen LogP) is 1.35. The van der Waals surface area contributed by atoms with E-state index in [1.165, 1.54) is 0 Å². The molecule has 2 N–H and O–H groups in total. The van der Waals surface area contributed by atoms with Gasteiger partial charge in [-0.25, -0.2) is 4.98 Å². The first-order valence-corrected chi connectivity index (χ1v) is 6.35. The van der Waals surface area contributed by atoms with Gasteiger partial charge < -0.3 is 15.2 Å². The number of aryl methyl sites for hydroxylation is 2. The third-order valence-electron chi connectivity index (χ3n) is 2.62. The van der Waals surface area contributed by atoms with Gasteiger partial charge in [0.2, 0.25) is 5.95 Å². The molecule has 0 radical (unpaired) electrons. The summed E-state index contributed by atoms with van der Waals surface area (Å²) in [6, 6.07) is 1.91. The number of aromatic nitrogens is 5. The highest BCUT2D eigenvalue weighted by Crippen LogP contribution is 2.10. The maximum atomic E-state index is 4.41. The van der Waals surface area contributed by atoms with Gasteiger partial charge in [-0.15, -0.1) is 10.2 Å². The zero-order chi connectivity index (χ0) is 13.7. The molecule has 0 saturated carbocycles. The average Bonchev–Trinajstić information content (AvgIpc) is 2.79. The number of nitrogens with zero attached hydrogens (tertiary/aromatic N) is 5. The highest BCUT2D eigenvalue weighted by molar-refractivity contribution is 5.42. The van der Waals surface area contributed by atoms with Crippen molar-refractivity contribution in [1.29, 1.82) is 0 Å². The molecule has 0 aliphatic heterocycles. The van der Waals surface area contributed by atoms with E-state index in [-0.39, 0.29) is 0 Å². The van der Waals surface area contributed by atoms with Crippen LogP contribution in [0.1, 0.15) is 24.9 Å².